The molecule has 1 N–H and O–H groups in total. The number of aromatic nitrogens is 3. The SMILES string of the molecule is CCN(CC)Cc1ccccc1CNC(=O)c1ccc(-n2ccnc2)nc1. The fourth-order valence-corrected chi connectivity index (χ4v) is 2.92. The molecule has 0 radical (unpaired) electrons. The molecule has 0 spiro atoms. The van der Waals surface area contributed by atoms with Crippen LogP contribution in [-0.4, -0.2) is 38.4 Å². The van der Waals surface area contributed by atoms with Crippen LogP contribution in [0.2, 0.25) is 0 Å². The molecule has 27 heavy (non-hydrogen) atoms. The molecule has 0 aliphatic heterocycles. The largest absolute Gasteiger partial charge is 0.348 e. The Bertz CT molecular complexity index is 855. The van der Waals surface area contributed by atoms with Gasteiger partial charge in [-0.25, -0.2) is 9.97 Å². The molecule has 140 valence electrons. The second-order valence-electron chi connectivity index (χ2n) is 6.29. The Morgan fingerprint density at radius 1 is 1.11 bits per heavy atom. The van der Waals surface area contributed by atoms with Crippen molar-refractivity contribution in [1.29, 1.82) is 0 Å². The molecule has 1 amide bonds. The third kappa shape index (κ3) is 4.80. The number of nitrogens with zero attached hydrogens (tertiary/aromatic N) is 4. The number of hydrogen-bond donors (Lipinski definition) is 1. The first-order valence-electron chi connectivity index (χ1n) is 9.23. The van der Waals surface area contributed by atoms with Gasteiger partial charge in [0, 0.05) is 31.7 Å². The Morgan fingerprint density at radius 3 is 2.52 bits per heavy atom. The van der Waals surface area contributed by atoms with E-state index < -0.39 is 0 Å². The smallest absolute Gasteiger partial charge is 0.253 e. The van der Waals surface area contributed by atoms with Crippen molar-refractivity contribution in [2.75, 3.05) is 13.1 Å². The lowest BCUT2D eigenvalue weighted by atomic mass is 10.1. The first-order chi connectivity index (χ1) is 13.2. The van der Waals surface area contributed by atoms with Gasteiger partial charge in [0.25, 0.3) is 5.91 Å². The molecule has 2 aromatic heterocycles. The van der Waals surface area contributed by atoms with Gasteiger partial charge in [-0.2, -0.15) is 0 Å². The number of hydrogen-bond acceptors (Lipinski definition) is 4. The molecule has 6 heteroatoms. The van der Waals surface area contributed by atoms with E-state index in [4.69, 9.17) is 0 Å². The Hall–Kier alpha value is -2.99. The van der Waals surface area contributed by atoms with Crippen molar-refractivity contribution >= 4 is 5.91 Å². The molecule has 6 nitrogen and oxygen atoms in total. The number of nitrogens with one attached hydrogen (secondary N) is 1. The molecule has 0 fully saturated rings. The van der Waals surface area contributed by atoms with E-state index in [0.717, 1.165) is 31.0 Å². The van der Waals surface area contributed by atoms with Crippen molar-refractivity contribution in [3.05, 3.63) is 78.0 Å². The molecule has 1 aromatic carbocycles. The molecular formula is C21H25N5O. The minimum atomic E-state index is -0.127. The normalized spacial score (nSPS) is 10.9. The van der Waals surface area contributed by atoms with Crippen molar-refractivity contribution in [2.24, 2.45) is 0 Å². The molecule has 3 rings (SSSR count). The molecule has 2 heterocycles. The van der Waals surface area contributed by atoms with Gasteiger partial charge in [0.1, 0.15) is 12.1 Å². The van der Waals surface area contributed by atoms with Crippen LogP contribution in [0.5, 0.6) is 0 Å². The van der Waals surface area contributed by atoms with Crippen LogP contribution < -0.4 is 5.32 Å². The molecule has 0 atom stereocenters. The zero-order chi connectivity index (χ0) is 19.1. The Labute approximate surface area is 159 Å². The maximum absolute atomic E-state index is 12.5. The number of carbonyl (C=O) groups is 1. The highest BCUT2D eigenvalue weighted by Crippen LogP contribution is 2.12. The van der Waals surface area contributed by atoms with Crippen LogP contribution >= 0.6 is 0 Å². The third-order valence-electron chi connectivity index (χ3n) is 4.63. The van der Waals surface area contributed by atoms with Crippen LogP contribution in [-0.2, 0) is 13.1 Å². The van der Waals surface area contributed by atoms with E-state index in [1.165, 1.54) is 5.56 Å². The molecule has 3 aromatic rings. The summed E-state index contributed by atoms with van der Waals surface area (Å²) in [5.41, 5.74) is 2.93. The zero-order valence-electron chi connectivity index (χ0n) is 15.8. The summed E-state index contributed by atoms with van der Waals surface area (Å²) in [6, 6.07) is 11.8. The minimum Gasteiger partial charge on any atom is -0.348 e. The molecular weight excluding hydrogens is 338 g/mol. The van der Waals surface area contributed by atoms with E-state index in [2.05, 4.69) is 46.2 Å². The second kappa shape index (κ2) is 9.09. The summed E-state index contributed by atoms with van der Waals surface area (Å²) in [5.74, 6) is 0.603. The van der Waals surface area contributed by atoms with Crippen molar-refractivity contribution < 1.29 is 4.79 Å². The van der Waals surface area contributed by atoms with Crippen LogP contribution in [0.15, 0.2) is 61.3 Å². The lowest BCUT2D eigenvalue weighted by Gasteiger charge is -2.20. The first kappa shape index (κ1) is 18.8. The molecule has 0 unspecified atom stereocenters. The molecule has 0 saturated carbocycles. The van der Waals surface area contributed by atoms with Gasteiger partial charge in [-0.15, -0.1) is 0 Å². The summed E-state index contributed by atoms with van der Waals surface area (Å²) < 4.78 is 1.80. The van der Waals surface area contributed by atoms with Crippen LogP contribution in [0, 0.1) is 0 Å². The van der Waals surface area contributed by atoms with Gasteiger partial charge in [-0.1, -0.05) is 38.1 Å². The van der Waals surface area contributed by atoms with Gasteiger partial charge in [0.15, 0.2) is 0 Å². The van der Waals surface area contributed by atoms with E-state index >= 15 is 0 Å². The van der Waals surface area contributed by atoms with Gasteiger partial charge in [-0.3, -0.25) is 14.3 Å². The lowest BCUT2D eigenvalue weighted by molar-refractivity contribution is 0.0950. The van der Waals surface area contributed by atoms with Crippen molar-refractivity contribution in [3.63, 3.8) is 0 Å². The van der Waals surface area contributed by atoms with Gasteiger partial charge >= 0.3 is 0 Å². The predicted octanol–water partition coefficient (Wildman–Crippen LogP) is 3.04. The molecule has 0 aliphatic rings. The van der Waals surface area contributed by atoms with Crippen LogP contribution in [0.1, 0.15) is 35.3 Å². The van der Waals surface area contributed by atoms with Gasteiger partial charge in [-0.05, 0) is 36.3 Å². The van der Waals surface area contributed by atoms with Gasteiger partial charge in [0.2, 0.25) is 0 Å². The average molecular weight is 363 g/mol. The number of pyridine rings is 1. The number of benzene rings is 1. The summed E-state index contributed by atoms with van der Waals surface area (Å²) in [7, 11) is 0. The Kier molecular flexibility index (Phi) is 6.33. The summed E-state index contributed by atoms with van der Waals surface area (Å²) in [6.45, 7) is 7.72. The summed E-state index contributed by atoms with van der Waals surface area (Å²) in [4.78, 5) is 23.2. The molecule has 0 saturated heterocycles. The highest BCUT2D eigenvalue weighted by molar-refractivity contribution is 5.93. The highest BCUT2D eigenvalue weighted by Gasteiger charge is 2.10. The maximum Gasteiger partial charge on any atom is 0.253 e. The minimum absolute atomic E-state index is 0.127. The lowest BCUT2D eigenvalue weighted by Crippen LogP contribution is -2.26. The maximum atomic E-state index is 12.5. The second-order valence-corrected chi connectivity index (χ2v) is 6.29. The van der Waals surface area contributed by atoms with E-state index in [9.17, 15) is 4.79 Å². The number of rotatable bonds is 8. The summed E-state index contributed by atoms with van der Waals surface area (Å²) >= 11 is 0. The number of imidazole rings is 1. The molecule has 0 aliphatic carbocycles. The highest BCUT2D eigenvalue weighted by atomic mass is 16.1. The van der Waals surface area contributed by atoms with E-state index in [0.29, 0.717) is 12.1 Å². The van der Waals surface area contributed by atoms with E-state index in [-0.39, 0.29) is 5.91 Å². The number of amides is 1. The van der Waals surface area contributed by atoms with E-state index in [1.54, 1.807) is 29.4 Å². The van der Waals surface area contributed by atoms with Crippen LogP contribution in [0.25, 0.3) is 5.82 Å². The average Bonchev–Trinajstić information content (AvgIpc) is 3.26. The quantitative estimate of drug-likeness (QED) is 0.668. The molecule has 0 bridgehead atoms. The third-order valence-corrected chi connectivity index (χ3v) is 4.63. The van der Waals surface area contributed by atoms with E-state index in [1.807, 2.05) is 24.4 Å². The fraction of sp³-hybridized carbons (Fsp3) is 0.286. The topological polar surface area (TPSA) is 63.1 Å². The first-order valence-corrected chi connectivity index (χ1v) is 9.23. The van der Waals surface area contributed by atoms with Crippen molar-refractivity contribution in [2.45, 2.75) is 26.9 Å². The van der Waals surface area contributed by atoms with Gasteiger partial charge in [0.05, 0.1) is 5.56 Å². The van der Waals surface area contributed by atoms with Crippen LogP contribution in [0.4, 0.5) is 0 Å². The Morgan fingerprint density at radius 2 is 1.89 bits per heavy atom. The fourth-order valence-electron chi connectivity index (χ4n) is 2.92. The number of carbonyl (C=O) groups excluding carboxylic acids is 1. The van der Waals surface area contributed by atoms with Crippen molar-refractivity contribution in [1.82, 2.24) is 24.8 Å². The Balaban J connectivity index is 1.64. The van der Waals surface area contributed by atoms with Gasteiger partial charge < -0.3 is 5.32 Å². The van der Waals surface area contributed by atoms with Crippen LogP contribution in [0.3, 0.4) is 0 Å². The predicted molar refractivity (Wildman–Crippen MR) is 106 cm³/mol. The monoisotopic (exact) mass is 363 g/mol. The zero-order valence-corrected chi connectivity index (χ0v) is 15.8. The summed E-state index contributed by atoms with van der Waals surface area (Å²) in [5, 5.41) is 3.00. The standard InChI is InChI=1S/C21H25N5O/c1-3-25(4-2)15-19-8-6-5-7-17(19)13-24-21(27)18-9-10-20(23-14-18)26-12-11-22-16-26/h5-12,14,16H,3-4,13,15H2,1-2H3,(H,24,27). The summed E-state index contributed by atoms with van der Waals surface area (Å²) in [6.07, 6.45) is 6.77. The van der Waals surface area contributed by atoms with Crippen molar-refractivity contribution in [3.8, 4) is 5.82 Å².